The van der Waals surface area contributed by atoms with E-state index in [0.29, 0.717) is 10.9 Å². The Kier molecular flexibility index (Phi) is 6.30. The van der Waals surface area contributed by atoms with Crippen molar-refractivity contribution in [1.29, 1.82) is 0 Å². The van der Waals surface area contributed by atoms with Gasteiger partial charge in [-0.2, -0.15) is 0 Å². The minimum Gasteiger partial charge on any atom is -0.457 e. The third kappa shape index (κ3) is 4.68. The molecule has 4 heteroatoms. The van der Waals surface area contributed by atoms with Gasteiger partial charge >= 0.3 is 0 Å². The summed E-state index contributed by atoms with van der Waals surface area (Å²) in [7, 11) is 0. The predicted molar refractivity (Wildman–Crippen MR) is 137 cm³/mol. The first-order chi connectivity index (χ1) is 15.3. The molecule has 32 heavy (non-hydrogen) atoms. The summed E-state index contributed by atoms with van der Waals surface area (Å²) < 4.78 is 5.87. The number of anilines is 1. The van der Waals surface area contributed by atoms with Crippen molar-refractivity contribution in [3.8, 4) is 11.5 Å². The smallest absolute Gasteiger partial charge is 0.128 e. The molecule has 1 aliphatic heterocycles. The van der Waals surface area contributed by atoms with Crippen molar-refractivity contribution in [2.75, 3.05) is 11.4 Å². The van der Waals surface area contributed by atoms with Gasteiger partial charge in [0.2, 0.25) is 0 Å². The normalized spacial score (nSPS) is 17.4. The fraction of sp³-hybridized carbons (Fsp3) is 0.321. The van der Waals surface area contributed by atoms with Gasteiger partial charge in [0, 0.05) is 29.0 Å². The Morgan fingerprint density at radius 2 is 1.84 bits per heavy atom. The zero-order valence-electron chi connectivity index (χ0n) is 19.5. The van der Waals surface area contributed by atoms with Crippen molar-refractivity contribution in [3.05, 3.63) is 82.4 Å². The molecule has 4 rings (SSSR count). The fourth-order valence-corrected chi connectivity index (χ4v) is 4.98. The Hall–Kier alpha value is -2.78. The molecule has 0 amide bonds. The van der Waals surface area contributed by atoms with Crippen LogP contribution in [0.3, 0.4) is 0 Å². The number of benzene rings is 3. The Morgan fingerprint density at radius 1 is 1.09 bits per heavy atom. The Labute approximate surface area is 196 Å². The predicted octanol–water partition coefficient (Wildman–Crippen LogP) is 8.30. The molecule has 0 fully saturated rings. The lowest BCUT2D eigenvalue weighted by molar-refractivity contribution is 0.381. The quantitative estimate of drug-likeness (QED) is 0.368. The molecule has 1 heterocycles. The van der Waals surface area contributed by atoms with Crippen LogP contribution in [0.5, 0.6) is 11.5 Å². The standard InChI is InChI=1S/C28H31ClN2O/c1-6-31-27-14-19(2)21(15-26(27)20(3)17-28(31,4)5)18-30-23-10-12-24(13-11-23)32-25-9-7-8-22(29)16-25/h7-16,18,20H,6,17H2,1-5H3. The molecule has 1 atom stereocenters. The van der Waals surface area contributed by atoms with Crippen LogP contribution in [0.2, 0.25) is 5.02 Å². The number of rotatable bonds is 5. The van der Waals surface area contributed by atoms with E-state index in [-0.39, 0.29) is 5.54 Å². The minimum absolute atomic E-state index is 0.179. The third-order valence-corrected chi connectivity index (χ3v) is 6.55. The lowest BCUT2D eigenvalue weighted by Gasteiger charge is -2.47. The second-order valence-corrected chi connectivity index (χ2v) is 9.68. The van der Waals surface area contributed by atoms with Crippen LogP contribution in [-0.2, 0) is 0 Å². The highest BCUT2D eigenvalue weighted by molar-refractivity contribution is 6.30. The molecule has 0 aliphatic carbocycles. The molecular formula is C28H31ClN2O. The number of ether oxygens (including phenoxy) is 1. The van der Waals surface area contributed by atoms with Gasteiger partial charge in [0.05, 0.1) is 5.69 Å². The molecule has 3 nitrogen and oxygen atoms in total. The van der Waals surface area contributed by atoms with Gasteiger partial charge in [0.15, 0.2) is 0 Å². The number of hydrogen-bond donors (Lipinski definition) is 0. The summed E-state index contributed by atoms with van der Waals surface area (Å²) in [5, 5.41) is 0.657. The largest absolute Gasteiger partial charge is 0.457 e. The maximum atomic E-state index is 6.03. The summed E-state index contributed by atoms with van der Waals surface area (Å²) in [5.74, 6) is 2.00. The maximum Gasteiger partial charge on any atom is 0.128 e. The number of halogens is 1. The van der Waals surface area contributed by atoms with Gasteiger partial charge in [-0.3, -0.25) is 4.99 Å². The Balaban J connectivity index is 1.54. The summed E-state index contributed by atoms with van der Waals surface area (Å²) in [6.45, 7) is 12.5. The summed E-state index contributed by atoms with van der Waals surface area (Å²) in [4.78, 5) is 7.26. The van der Waals surface area contributed by atoms with E-state index in [4.69, 9.17) is 21.3 Å². The molecule has 166 valence electrons. The van der Waals surface area contributed by atoms with Crippen LogP contribution in [0.15, 0.2) is 65.7 Å². The molecule has 0 bridgehead atoms. The molecule has 0 saturated carbocycles. The van der Waals surface area contributed by atoms with Crippen LogP contribution in [0, 0.1) is 6.92 Å². The van der Waals surface area contributed by atoms with Crippen LogP contribution >= 0.6 is 11.6 Å². The topological polar surface area (TPSA) is 24.8 Å². The van der Waals surface area contributed by atoms with E-state index in [0.717, 1.165) is 30.2 Å². The van der Waals surface area contributed by atoms with Crippen molar-refractivity contribution >= 4 is 29.2 Å². The van der Waals surface area contributed by atoms with Gasteiger partial charge in [-0.05, 0) is 111 Å². The summed E-state index contributed by atoms with van der Waals surface area (Å²) >= 11 is 6.03. The summed E-state index contributed by atoms with van der Waals surface area (Å²) in [5.41, 5.74) is 6.28. The van der Waals surface area contributed by atoms with E-state index < -0.39 is 0 Å². The minimum atomic E-state index is 0.179. The SMILES string of the molecule is CCN1c2cc(C)c(C=Nc3ccc(Oc4cccc(Cl)c4)cc3)cc2C(C)CC1(C)C. The molecule has 0 spiro atoms. The number of nitrogens with zero attached hydrogens (tertiary/aromatic N) is 2. The zero-order chi connectivity index (χ0) is 22.9. The highest BCUT2D eigenvalue weighted by atomic mass is 35.5. The first kappa shape index (κ1) is 22.4. The summed E-state index contributed by atoms with van der Waals surface area (Å²) in [6.07, 6.45) is 3.13. The van der Waals surface area contributed by atoms with Gasteiger partial charge in [-0.15, -0.1) is 0 Å². The first-order valence-corrected chi connectivity index (χ1v) is 11.6. The van der Waals surface area contributed by atoms with E-state index in [1.165, 1.54) is 22.4 Å². The van der Waals surface area contributed by atoms with E-state index in [1.807, 2.05) is 48.7 Å². The summed E-state index contributed by atoms with van der Waals surface area (Å²) in [6, 6.07) is 19.8. The van der Waals surface area contributed by atoms with Crippen molar-refractivity contribution in [2.24, 2.45) is 4.99 Å². The lowest BCUT2D eigenvalue weighted by atomic mass is 9.79. The molecular weight excluding hydrogens is 416 g/mol. The Morgan fingerprint density at radius 3 is 2.53 bits per heavy atom. The van der Waals surface area contributed by atoms with E-state index in [9.17, 15) is 0 Å². The van der Waals surface area contributed by atoms with Gasteiger partial charge in [-0.1, -0.05) is 24.6 Å². The van der Waals surface area contributed by atoms with Gasteiger partial charge in [0.1, 0.15) is 11.5 Å². The van der Waals surface area contributed by atoms with Crippen molar-refractivity contribution in [3.63, 3.8) is 0 Å². The fourth-order valence-electron chi connectivity index (χ4n) is 4.80. The zero-order valence-corrected chi connectivity index (χ0v) is 20.3. The van der Waals surface area contributed by atoms with E-state index in [2.05, 4.69) is 51.7 Å². The highest BCUT2D eigenvalue weighted by Gasteiger charge is 2.35. The number of fused-ring (bicyclic) bond motifs is 1. The average molecular weight is 447 g/mol. The van der Waals surface area contributed by atoms with Crippen LogP contribution < -0.4 is 9.64 Å². The third-order valence-electron chi connectivity index (χ3n) is 6.31. The van der Waals surface area contributed by atoms with Gasteiger partial charge in [0.25, 0.3) is 0 Å². The average Bonchev–Trinajstić information content (AvgIpc) is 2.73. The van der Waals surface area contributed by atoms with Crippen molar-refractivity contribution in [1.82, 2.24) is 0 Å². The van der Waals surface area contributed by atoms with E-state index >= 15 is 0 Å². The van der Waals surface area contributed by atoms with Gasteiger partial charge in [-0.25, -0.2) is 0 Å². The molecule has 3 aromatic carbocycles. The second kappa shape index (κ2) is 8.99. The van der Waals surface area contributed by atoms with Crippen LogP contribution in [0.1, 0.15) is 56.7 Å². The molecule has 3 aromatic rings. The van der Waals surface area contributed by atoms with Crippen LogP contribution in [0.4, 0.5) is 11.4 Å². The Bertz CT molecular complexity index is 1130. The second-order valence-electron chi connectivity index (χ2n) is 9.24. The van der Waals surface area contributed by atoms with Crippen LogP contribution in [0.25, 0.3) is 0 Å². The molecule has 0 radical (unpaired) electrons. The van der Waals surface area contributed by atoms with Crippen LogP contribution in [-0.4, -0.2) is 18.3 Å². The number of aliphatic imine (C=N–C) groups is 1. The maximum absolute atomic E-state index is 6.03. The lowest BCUT2D eigenvalue weighted by Crippen LogP contribution is -2.48. The molecule has 0 aromatic heterocycles. The highest BCUT2D eigenvalue weighted by Crippen LogP contribution is 2.44. The molecule has 1 aliphatic rings. The monoisotopic (exact) mass is 446 g/mol. The molecule has 1 unspecified atom stereocenters. The molecule has 0 N–H and O–H groups in total. The first-order valence-electron chi connectivity index (χ1n) is 11.3. The van der Waals surface area contributed by atoms with Crippen molar-refractivity contribution < 1.29 is 4.74 Å². The van der Waals surface area contributed by atoms with Gasteiger partial charge < -0.3 is 9.64 Å². The number of hydrogen-bond acceptors (Lipinski definition) is 3. The molecule has 0 saturated heterocycles. The van der Waals surface area contributed by atoms with E-state index in [1.54, 1.807) is 6.07 Å². The van der Waals surface area contributed by atoms with Crippen molar-refractivity contribution in [2.45, 2.75) is 52.5 Å². The number of aryl methyl sites for hydroxylation is 1.